The third-order valence-corrected chi connectivity index (χ3v) is 9.46. The second-order valence-electron chi connectivity index (χ2n) is 10.2. The summed E-state index contributed by atoms with van der Waals surface area (Å²) in [5, 5.41) is 25.5. The van der Waals surface area contributed by atoms with Crippen molar-refractivity contribution in [3.8, 4) is 0 Å². The predicted octanol–water partition coefficient (Wildman–Crippen LogP) is 4.14. The van der Waals surface area contributed by atoms with E-state index >= 15 is 0 Å². The molecule has 12 heteroatoms. The fourth-order valence-electron chi connectivity index (χ4n) is 5.02. The number of nitrogens with zero attached hydrogens (tertiary/aromatic N) is 1. The Morgan fingerprint density at radius 1 is 1.05 bits per heavy atom. The van der Waals surface area contributed by atoms with E-state index in [1.165, 1.54) is 0 Å². The zero-order chi connectivity index (χ0) is 29.5. The molecule has 40 heavy (non-hydrogen) atoms. The summed E-state index contributed by atoms with van der Waals surface area (Å²) in [7, 11) is -2.39. The molecule has 3 unspecified atom stereocenters. The number of aliphatic hydroxyl groups is 1. The first-order valence-corrected chi connectivity index (χ1v) is 15.8. The first-order chi connectivity index (χ1) is 19.1. The molecule has 1 saturated carbocycles. The zero-order valence-corrected chi connectivity index (χ0v) is 24.8. The molecular formula is C28H46N3O8P. The van der Waals surface area contributed by atoms with E-state index in [2.05, 4.69) is 10.6 Å². The van der Waals surface area contributed by atoms with Crippen LogP contribution < -0.4 is 10.6 Å². The second-order valence-corrected chi connectivity index (χ2v) is 12.4. The predicted molar refractivity (Wildman–Crippen MR) is 152 cm³/mol. The van der Waals surface area contributed by atoms with E-state index in [0.717, 1.165) is 37.7 Å². The van der Waals surface area contributed by atoms with Gasteiger partial charge in [-0.3, -0.25) is 14.2 Å². The molecule has 1 aromatic carbocycles. The smallest absolute Gasteiger partial charge is 0.405 e. The quantitative estimate of drug-likeness (QED) is 0.200. The maximum absolute atomic E-state index is 13.4. The molecule has 1 aliphatic rings. The first kappa shape index (κ1) is 33.7. The van der Waals surface area contributed by atoms with Crippen molar-refractivity contribution in [2.24, 2.45) is 5.92 Å². The first-order valence-electron chi connectivity index (χ1n) is 14.2. The minimum Gasteiger partial charge on any atom is -0.465 e. The van der Waals surface area contributed by atoms with Gasteiger partial charge in [0.2, 0.25) is 11.8 Å². The van der Waals surface area contributed by atoms with E-state index in [-0.39, 0.29) is 37.9 Å². The number of nitrogens with one attached hydrogen (secondary N) is 2. The maximum Gasteiger partial charge on any atom is 0.405 e. The second kappa shape index (κ2) is 17.4. The molecule has 0 bridgehead atoms. The van der Waals surface area contributed by atoms with Crippen molar-refractivity contribution in [3.05, 3.63) is 35.9 Å². The molecule has 0 heterocycles. The van der Waals surface area contributed by atoms with E-state index in [4.69, 9.17) is 9.05 Å². The molecule has 226 valence electrons. The summed E-state index contributed by atoms with van der Waals surface area (Å²) >= 11 is 0. The van der Waals surface area contributed by atoms with Crippen LogP contribution in [-0.4, -0.2) is 77.8 Å². The van der Waals surface area contributed by atoms with Gasteiger partial charge >= 0.3 is 13.7 Å². The molecule has 0 aliphatic heterocycles. The number of hydrogen-bond acceptors (Lipinski definition) is 7. The summed E-state index contributed by atoms with van der Waals surface area (Å²) in [5.74, 6) is -2.43. The van der Waals surface area contributed by atoms with Crippen LogP contribution in [0.3, 0.4) is 0 Å². The van der Waals surface area contributed by atoms with Crippen LogP contribution in [-0.2, 0) is 29.6 Å². The van der Waals surface area contributed by atoms with Crippen LogP contribution in [0, 0.1) is 5.92 Å². The molecule has 0 spiro atoms. The third kappa shape index (κ3) is 11.2. The maximum atomic E-state index is 13.4. The molecule has 2 rings (SSSR count). The van der Waals surface area contributed by atoms with Crippen LogP contribution in [0.15, 0.2) is 30.3 Å². The van der Waals surface area contributed by atoms with Gasteiger partial charge in [-0.1, -0.05) is 62.4 Å². The minimum absolute atomic E-state index is 0.00103. The number of amides is 3. The molecule has 1 aliphatic carbocycles. The van der Waals surface area contributed by atoms with E-state index in [0.29, 0.717) is 19.4 Å². The topological polar surface area (TPSA) is 154 Å². The summed E-state index contributed by atoms with van der Waals surface area (Å²) in [6.07, 6.45) is 4.54. The molecule has 11 nitrogen and oxygen atoms in total. The summed E-state index contributed by atoms with van der Waals surface area (Å²) in [4.78, 5) is 39.3. The van der Waals surface area contributed by atoms with Crippen LogP contribution in [0.4, 0.5) is 4.79 Å². The van der Waals surface area contributed by atoms with Gasteiger partial charge in [0.25, 0.3) is 0 Å². The summed E-state index contributed by atoms with van der Waals surface area (Å²) in [6.45, 7) is 3.69. The highest BCUT2D eigenvalue weighted by molar-refractivity contribution is 7.54. The number of carbonyl (C=O) groups is 3. The highest BCUT2D eigenvalue weighted by atomic mass is 31.2. The van der Waals surface area contributed by atoms with Crippen LogP contribution in [0.5, 0.6) is 0 Å². The number of benzene rings is 1. The van der Waals surface area contributed by atoms with E-state index in [9.17, 15) is 29.2 Å². The van der Waals surface area contributed by atoms with Crippen molar-refractivity contribution in [3.63, 3.8) is 0 Å². The normalized spacial score (nSPS) is 16.5. The largest absolute Gasteiger partial charge is 0.465 e. The number of likely N-dealkylation sites (N-methyl/N-ethyl adjacent to an activating group) is 1. The molecule has 3 atom stereocenters. The highest BCUT2D eigenvalue weighted by Gasteiger charge is 2.41. The zero-order valence-electron chi connectivity index (χ0n) is 23.9. The Labute approximate surface area is 237 Å². The van der Waals surface area contributed by atoms with Gasteiger partial charge in [0.15, 0.2) is 5.85 Å². The van der Waals surface area contributed by atoms with Crippen LogP contribution >= 0.6 is 7.60 Å². The van der Waals surface area contributed by atoms with Gasteiger partial charge in [0, 0.05) is 20.0 Å². The summed E-state index contributed by atoms with van der Waals surface area (Å²) < 4.78 is 24.0. The monoisotopic (exact) mass is 583 g/mol. The average molecular weight is 584 g/mol. The molecule has 0 aromatic heterocycles. The van der Waals surface area contributed by atoms with Crippen molar-refractivity contribution < 1.29 is 38.2 Å². The number of carboxylic acid groups (broad SMARTS) is 1. The standard InChI is InChI=1S/C28H46N3O8P/c1-4-38-40(37,39-5-2)27(34)23(16-17-25(32)31(3)19-18-21-12-8-6-9-13-21)29-26(33)24(30-28(35)36)20-22-14-10-7-11-15-22/h6,8-9,12-13,22-24,27,30,34H,4-5,7,10-11,14-20H2,1-3H3,(H,29,33)(H,35,36). The lowest BCUT2D eigenvalue weighted by molar-refractivity contribution is -0.131. The summed E-state index contributed by atoms with van der Waals surface area (Å²) in [6, 6.07) is 7.52. The van der Waals surface area contributed by atoms with Crippen molar-refractivity contribution in [1.29, 1.82) is 0 Å². The Morgan fingerprint density at radius 3 is 2.25 bits per heavy atom. The highest BCUT2D eigenvalue weighted by Crippen LogP contribution is 2.53. The van der Waals surface area contributed by atoms with Gasteiger partial charge in [0.05, 0.1) is 19.3 Å². The van der Waals surface area contributed by atoms with Crippen molar-refractivity contribution in [1.82, 2.24) is 15.5 Å². The molecule has 4 N–H and O–H groups in total. The molecule has 0 radical (unpaired) electrons. The molecule has 1 aromatic rings. The Bertz CT molecular complexity index is 964. The van der Waals surface area contributed by atoms with Gasteiger partial charge in [-0.25, -0.2) is 4.79 Å². The number of carbonyl (C=O) groups excluding carboxylic acids is 2. The lowest BCUT2D eigenvalue weighted by Crippen LogP contribution is -2.53. The minimum atomic E-state index is -4.07. The Kier molecular flexibility index (Phi) is 14.7. The number of hydrogen-bond donors (Lipinski definition) is 4. The van der Waals surface area contributed by atoms with Crippen molar-refractivity contribution in [2.75, 3.05) is 26.8 Å². The molecule has 1 fully saturated rings. The third-order valence-electron chi connectivity index (χ3n) is 7.21. The SMILES string of the molecule is CCOP(=O)(OCC)C(O)C(CCC(=O)N(C)CCc1ccccc1)NC(=O)C(CC1CCCCC1)NC(=O)O. The van der Waals surface area contributed by atoms with Gasteiger partial charge in [0.1, 0.15) is 6.04 Å². The molecular weight excluding hydrogens is 537 g/mol. The van der Waals surface area contributed by atoms with Gasteiger partial charge in [-0.05, 0) is 44.6 Å². The van der Waals surface area contributed by atoms with Crippen LogP contribution in [0.2, 0.25) is 0 Å². The van der Waals surface area contributed by atoms with Crippen LogP contribution in [0.25, 0.3) is 0 Å². The Morgan fingerprint density at radius 2 is 1.68 bits per heavy atom. The Balaban J connectivity index is 2.15. The Hall–Kier alpha value is -2.46. The van der Waals surface area contributed by atoms with Gasteiger partial charge in [-0.15, -0.1) is 0 Å². The lowest BCUT2D eigenvalue weighted by Gasteiger charge is -2.32. The number of rotatable bonds is 17. The average Bonchev–Trinajstić information content (AvgIpc) is 2.94. The van der Waals surface area contributed by atoms with E-state index in [1.807, 2.05) is 30.3 Å². The molecule has 3 amide bonds. The summed E-state index contributed by atoms with van der Waals surface area (Å²) in [5.41, 5.74) is 1.09. The fraction of sp³-hybridized carbons (Fsp3) is 0.679. The number of aliphatic hydroxyl groups excluding tert-OH is 1. The van der Waals surface area contributed by atoms with Crippen LogP contribution in [0.1, 0.15) is 70.8 Å². The van der Waals surface area contributed by atoms with Gasteiger partial charge < -0.3 is 34.8 Å². The van der Waals surface area contributed by atoms with Crippen molar-refractivity contribution >= 4 is 25.5 Å². The lowest BCUT2D eigenvalue weighted by atomic mass is 9.84. The van der Waals surface area contributed by atoms with E-state index < -0.39 is 37.5 Å². The molecule has 0 saturated heterocycles. The van der Waals surface area contributed by atoms with E-state index in [1.54, 1.807) is 25.8 Å². The fourth-order valence-corrected chi connectivity index (χ4v) is 6.79. The van der Waals surface area contributed by atoms with Gasteiger partial charge in [-0.2, -0.15) is 0 Å². The van der Waals surface area contributed by atoms with Crippen molar-refractivity contribution in [2.45, 2.75) is 89.6 Å².